The second-order valence-electron chi connectivity index (χ2n) is 4.30. The van der Waals surface area contributed by atoms with Gasteiger partial charge in [-0.05, 0) is 12.8 Å². The van der Waals surface area contributed by atoms with Crippen molar-refractivity contribution in [2.75, 3.05) is 18.0 Å². The zero-order chi connectivity index (χ0) is 14.2. The Bertz CT molecular complexity index is 481. The van der Waals surface area contributed by atoms with Gasteiger partial charge >= 0.3 is 12.1 Å². The fourth-order valence-electron chi connectivity index (χ4n) is 1.87. The number of carbonyl (C=O) groups is 1. The van der Waals surface area contributed by atoms with E-state index in [1.807, 2.05) is 0 Å². The number of hydrogen-bond acceptors (Lipinski definition) is 5. The molecule has 0 aliphatic carbocycles. The van der Waals surface area contributed by atoms with Crippen LogP contribution in [-0.2, 0) is 6.18 Å². The van der Waals surface area contributed by atoms with E-state index in [-0.39, 0.29) is 11.2 Å². The summed E-state index contributed by atoms with van der Waals surface area (Å²) in [7, 11) is 0. The Labute approximate surface area is 110 Å². The predicted molar refractivity (Wildman–Crippen MR) is 63.5 cm³/mol. The molecule has 1 saturated heterocycles. The summed E-state index contributed by atoms with van der Waals surface area (Å²) in [6.45, 7) is 0.982. The lowest BCUT2D eigenvalue weighted by Gasteiger charge is -2.29. The first kappa shape index (κ1) is 14.1. The highest BCUT2D eigenvalue weighted by Gasteiger charge is 2.40. The number of nitrogens with two attached hydrogens (primary N) is 1. The van der Waals surface area contributed by atoms with Crippen molar-refractivity contribution >= 4 is 22.4 Å². The molecular weight excluding hydrogens is 283 g/mol. The Morgan fingerprint density at radius 1 is 1.42 bits per heavy atom. The van der Waals surface area contributed by atoms with Gasteiger partial charge in [0, 0.05) is 19.1 Å². The van der Waals surface area contributed by atoms with Crippen molar-refractivity contribution in [3.63, 3.8) is 0 Å². The van der Waals surface area contributed by atoms with Crippen LogP contribution in [0.3, 0.4) is 0 Å². The van der Waals surface area contributed by atoms with Gasteiger partial charge in [-0.1, -0.05) is 11.3 Å². The average molecular weight is 295 g/mol. The largest absolute Gasteiger partial charge is 0.477 e. The van der Waals surface area contributed by atoms with E-state index in [2.05, 4.69) is 4.98 Å². The van der Waals surface area contributed by atoms with Crippen LogP contribution in [-0.4, -0.2) is 35.2 Å². The highest BCUT2D eigenvalue weighted by atomic mass is 32.1. The molecule has 0 saturated carbocycles. The van der Waals surface area contributed by atoms with Crippen LogP contribution in [0.25, 0.3) is 0 Å². The fraction of sp³-hybridized carbons (Fsp3) is 0.600. The third kappa shape index (κ3) is 2.98. The number of nitrogens with zero attached hydrogens (tertiary/aromatic N) is 2. The Hall–Kier alpha value is -1.35. The SMILES string of the molecule is NC1CCN(c2nc(C(F)(F)F)c(C(=O)O)s2)CC1. The highest BCUT2D eigenvalue weighted by Crippen LogP contribution is 2.37. The average Bonchev–Trinajstić information content (AvgIpc) is 2.74. The van der Waals surface area contributed by atoms with Gasteiger partial charge in [-0.3, -0.25) is 0 Å². The van der Waals surface area contributed by atoms with Crippen molar-refractivity contribution in [3.05, 3.63) is 10.6 Å². The third-order valence-corrected chi connectivity index (χ3v) is 3.99. The molecule has 0 bridgehead atoms. The number of carboxylic acids is 1. The first-order valence-corrected chi connectivity index (χ1v) is 6.42. The van der Waals surface area contributed by atoms with Crippen LogP contribution >= 0.6 is 11.3 Å². The molecule has 0 unspecified atom stereocenters. The van der Waals surface area contributed by atoms with Crippen LogP contribution < -0.4 is 10.6 Å². The van der Waals surface area contributed by atoms with Crippen molar-refractivity contribution in [1.29, 1.82) is 0 Å². The molecule has 2 heterocycles. The molecule has 1 fully saturated rings. The maximum absolute atomic E-state index is 12.7. The monoisotopic (exact) mass is 295 g/mol. The van der Waals surface area contributed by atoms with Crippen molar-refractivity contribution in [2.45, 2.75) is 25.1 Å². The number of carboxylic acid groups (broad SMARTS) is 1. The van der Waals surface area contributed by atoms with E-state index < -0.39 is 22.7 Å². The third-order valence-electron chi connectivity index (χ3n) is 2.89. The van der Waals surface area contributed by atoms with E-state index >= 15 is 0 Å². The first-order chi connectivity index (χ1) is 8.79. The van der Waals surface area contributed by atoms with Crippen molar-refractivity contribution in [3.8, 4) is 0 Å². The zero-order valence-corrected chi connectivity index (χ0v) is 10.6. The lowest BCUT2D eigenvalue weighted by molar-refractivity contribution is -0.141. The number of hydrogen-bond donors (Lipinski definition) is 2. The van der Waals surface area contributed by atoms with Gasteiger partial charge in [-0.2, -0.15) is 13.2 Å². The molecule has 19 heavy (non-hydrogen) atoms. The number of aromatic carboxylic acids is 1. The van der Waals surface area contributed by atoms with Crippen LogP contribution in [0.5, 0.6) is 0 Å². The Kier molecular flexibility index (Phi) is 3.68. The van der Waals surface area contributed by atoms with Gasteiger partial charge in [0.1, 0.15) is 4.88 Å². The zero-order valence-electron chi connectivity index (χ0n) is 9.78. The van der Waals surface area contributed by atoms with Crippen molar-refractivity contribution < 1.29 is 23.1 Å². The summed E-state index contributed by atoms with van der Waals surface area (Å²) in [5.74, 6) is -1.61. The summed E-state index contributed by atoms with van der Waals surface area (Å²) in [6, 6.07) is 0.0391. The lowest BCUT2D eigenvalue weighted by atomic mass is 10.1. The quantitative estimate of drug-likeness (QED) is 0.869. The van der Waals surface area contributed by atoms with E-state index in [9.17, 15) is 18.0 Å². The van der Waals surface area contributed by atoms with Gasteiger partial charge in [-0.25, -0.2) is 9.78 Å². The topological polar surface area (TPSA) is 79.5 Å². The van der Waals surface area contributed by atoms with E-state index in [1.165, 1.54) is 0 Å². The van der Waals surface area contributed by atoms with Crippen LogP contribution in [0.4, 0.5) is 18.3 Å². The summed E-state index contributed by atoms with van der Waals surface area (Å²) >= 11 is 0.557. The summed E-state index contributed by atoms with van der Waals surface area (Å²) in [4.78, 5) is 15.2. The van der Waals surface area contributed by atoms with E-state index in [0.717, 1.165) is 0 Å². The number of aromatic nitrogens is 1. The van der Waals surface area contributed by atoms with Gasteiger partial charge in [-0.15, -0.1) is 0 Å². The summed E-state index contributed by atoms with van der Waals surface area (Å²) < 4.78 is 38.1. The van der Waals surface area contributed by atoms with Crippen LogP contribution in [0.15, 0.2) is 0 Å². The molecule has 0 radical (unpaired) electrons. The Morgan fingerprint density at radius 2 is 2.00 bits per heavy atom. The number of rotatable bonds is 2. The molecule has 2 rings (SSSR count). The molecular formula is C10H12F3N3O2S. The molecule has 0 amide bonds. The first-order valence-electron chi connectivity index (χ1n) is 5.61. The maximum atomic E-state index is 12.7. The molecule has 106 valence electrons. The molecule has 1 aliphatic heterocycles. The van der Waals surface area contributed by atoms with Crippen molar-refractivity contribution in [1.82, 2.24) is 4.98 Å². The highest BCUT2D eigenvalue weighted by molar-refractivity contribution is 7.17. The number of thiazole rings is 1. The van der Waals surface area contributed by atoms with E-state index in [1.54, 1.807) is 4.90 Å². The molecule has 0 aromatic carbocycles. The minimum atomic E-state index is -4.76. The number of alkyl halides is 3. The van der Waals surface area contributed by atoms with Crippen LogP contribution in [0.2, 0.25) is 0 Å². The fourth-order valence-corrected chi connectivity index (χ4v) is 2.85. The Morgan fingerprint density at radius 3 is 2.42 bits per heavy atom. The van der Waals surface area contributed by atoms with Crippen molar-refractivity contribution in [2.24, 2.45) is 5.73 Å². The molecule has 0 spiro atoms. The lowest BCUT2D eigenvalue weighted by Crippen LogP contribution is -2.39. The normalized spacial score (nSPS) is 17.8. The molecule has 5 nitrogen and oxygen atoms in total. The summed E-state index contributed by atoms with van der Waals surface area (Å²) in [5, 5.41) is 8.91. The molecule has 3 N–H and O–H groups in total. The minimum Gasteiger partial charge on any atom is -0.477 e. The summed E-state index contributed by atoms with van der Waals surface area (Å²) in [6.07, 6.45) is -3.44. The molecule has 1 aromatic heterocycles. The van der Waals surface area contributed by atoms with Gasteiger partial charge in [0.2, 0.25) is 0 Å². The summed E-state index contributed by atoms with van der Waals surface area (Å²) in [5.41, 5.74) is 4.39. The number of anilines is 1. The van der Waals surface area contributed by atoms with Crippen LogP contribution in [0.1, 0.15) is 28.2 Å². The number of halogens is 3. The molecule has 0 atom stereocenters. The van der Waals surface area contributed by atoms with Gasteiger partial charge in [0.05, 0.1) is 0 Å². The van der Waals surface area contributed by atoms with Gasteiger partial charge in [0.15, 0.2) is 10.8 Å². The van der Waals surface area contributed by atoms with E-state index in [0.29, 0.717) is 37.3 Å². The molecule has 9 heteroatoms. The van der Waals surface area contributed by atoms with Gasteiger partial charge in [0.25, 0.3) is 0 Å². The minimum absolute atomic E-state index is 0.0391. The second kappa shape index (κ2) is 4.97. The Balaban J connectivity index is 2.30. The number of piperidine rings is 1. The molecule has 1 aliphatic rings. The molecule has 1 aromatic rings. The predicted octanol–water partition coefficient (Wildman–Crippen LogP) is 1.79. The second-order valence-corrected chi connectivity index (χ2v) is 5.28. The maximum Gasteiger partial charge on any atom is 0.435 e. The smallest absolute Gasteiger partial charge is 0.435 e. The van der Waals surface area contributed by atoms with Crippen LogP contribution in [0, 0.1) is 0 Å². The standard InChI is InChI=1S/C10H12F3N3O2S/c11-10(12,13)7-6(8(17)18)19-9(15-7)16-3-1-5(14)2-4-16/h5H,1-4,14H2,(H,17,18). The van der Waals surface area contributed by atoms with E-state index in [4.69, 9.17) is 10.8 Å². The van der Waals surface area contributed by atoms with Gasteiger partial charge < -0.3 is 15.7 Å².